The predicted octanol–water partition coefficient (Wildman–Crippen LogP) is 4.89. The van der Waals surface area contributed by atoms with E-state index in [1.807, 2.05) is 6.92 Å². The first kappa shape index (κ1) is 31.5. The van der Waals surface area contributed by atoms with E-state index in [9.17, 15) is 26.8 Å². The van der Waals surface area contributed by atoms with E-state index in [0.717, 1.165) is 28.6 Å². The number of halogens is 2. The Morgan fingerprint density at radius 1 is 0.878 bits per heavy atom. The van der Waals surface area contributed by atoms with E-state index in [2.05, 4.69) is 5.32 Å². The Morgan fingerprint density at radius 2 is 1.44 bits per heavy atom. The second-order valence-corrected chi connectivity index (χ2v) is 11.5. The second-order valence-electron chi connectivity index (χ2n) is 9.63. The number of ether oxygens (including phenoxy) is 1. The number of nitrogens with zero attached hydrogens (tertiary/aromatic N) is 2. The van der Waals surface area contributed by atoms with Gasteiger partial charge in [-0.3, -0.25) is 13.9 Å². The molecule has 0 fully saturated rings. The maximum absolute atomic E-state index is 14.0. The molecule has 1 unspecified atom stereocenters. The van der Waals surface area contributed by atoms with E-state index in [1.54, 1.807) is 32.9 Å². The Balaban J connectivity index is 2.06. The highest BCUT2D eigenvalue weighted by Crippen LogP contribution is 2.27. The molecule has 1 N–H and O–H groups in total. The van der Waals surface area contributed by atoms with Crippen LogP contribution in [0.15, 0.2) is 77.7 Å². The van der Waals surface area contributed by atoms with Crippen molar-refractivity contribution in [1.82, 2.24) is 10.2 Å². The van der Waals surface area contributed by atoms with Crippen molar-refractivity contribution >= 4 is 27.5 Å². The van der Waals surface area contributed by atoms with Crippen LogP contribution in [0.25, 0.3) is 0 Å². The first-order valence-electron chi connectivity index (χ1n) is 13.3. The monoisotopic (exact) mass is 587 g/mol. The van der Waals surface area contributed by atoms with Gasteiger partial charge < -0.3 is 15.0 Å². The Kier molecular flexibility index (Phi) is 10.8. The summed E-state index contributed by atoms with van der Waals surface area (Å²) in [6.45, 7) is 6.84. The Bertz CT molecular complexity index is 1410. The summed E-state index contributed by atoms with van der Waals surface area (Å²) >= 11 is 0. The normalized spacial score (nSPS) is 12.1. The summed E-state index contributed by atoms with van der Waals surface area (Å²) in [6.07, 6.45) is 0.249. The van der Waals surface area contributed by atoms with Gasteiger partial charge in [0.1, 0.15) is 30.0 Å². The van der Waals surface area contributed by atoms with E-state index in [4.69, 9.17) is 4.74 Å². The van der Waals surface area contributed by atoms with Crippen LogP contribution in [0.3, 0.4) is 0 Å². The number of amides is 2. The molecule has 3 aromatic rings. The van der Waals surface area contributed by atoms with Crippen LogP contribution in [0.5, 0.6) is 5.75 Å². The molecule has 0 spiro atoms. The number of anilines is 1. The van der Waals surface area contributed by atoms with E-state index in [-0.39, 0.29) is 29.6 Å². The fraction of sp³-hybridized carbons (Fsp3) is 0.333. The molecule has 0 radical (unpaired) electrons. The van der Waals surface area contributed by atoms with Gasteiger partial charge in [-0.1, -0.05) is 19.1 Å². The van der Waals surface area contributed by atoms with Crippen LogP contribution >= 0.6 is 0 Å². The standard InChI is InChI=1S/C30H35F2N3O5S/c1-5-28(30(37)33-21(3)4)34(19-22-7-9-23(31)10-8-22)29(36)20-35(25-13-15-26(16-14-25)40-6-2)41(38,39)27-17-11-24(32)12-18-27/h7-18,21,28H,5-6,19-20H2,1-4H3,(H,33,37). The lowest BCUT2D eigenvalue weighted by atomic mass is 10.1. The molecule has 3 aromatic carbocycles. The van der Waals surface area contributed by atoms with Gasteiger partial charge >= 0.3 is 0 Å². The van der Waals surface area contributed by atoms with Crippen LogP contribution in [0.4, 0.5) is 14.5 Å². The lowest BCUT2D eigenvalue weighted by molar-refractivity contribution is -0.140. The van der Waals surface area contributed by atoms with Crippen molar-refractivity contribution in [2.75, 3.05) is 17.5 Å². The van der Waals surface area contributed by atoms with Gasteiger partial charge in [0.25, 0.3) is 10.0 Å². The van der Waals surface area contributed by atoms with Gasteiger partial charge in [0.2, 0.25) is 11.8 Å². The molecular formula is C30H35F2N3O5S. The first-order valence-corrected chi connectivity index (χ1v) is 14.8. The lowest BCUT2D eigenvalue weighted by Gasteiger charge is -2.33. The Morgan fingerprint density at radius 3 is 1.95 bits per heavy atom. The van der Waals surface area contributed by atoms with Crippen LogP contribution < -0.4 is 14.4 Å². The summed E-state index contributed by atoms with van der Waals surface area (Å²) in [5, 5.41) is 2.81. The molecular weight excluding hydrogens is 552 g/mol. The zero-order chi connectivity index (χ0) is 30.2. The maximum atomic E-state index is 14.0. The van der Waals surface area contributed by atoms with Crippen molar-refractivity contribution in [3.05, 3.63) is 90.0 Å². The minimum Gasteiger partial charge on any atom is -0.494 e. The van der Waals surface area contributed by atoms with E-state index in [0.29, 0.717) is 17.9 Å². The number of carbonyl (C=O) groups excluding carboxylic acids is 2. The average molecular weight is 588 g/mol. The third-order valence-corrected chi connectivity index (χ3v) is 7.99. The van der Waals surface area contributed by atoms with Gasteiger partial charge in [0.05, 0.1) is 17.2 Å². The molecule has 3 rings (SSSR count). The van der Waals surface area contributed by atoms with E-state index in [1.165, 1.54) is 41.3 Å². The number of rotatable bonds is 13. The number of carbonyl (C=O) groups is 2. The molecule has 0 heterocycles. The van der Waals surface area contributed by atoms with Gasteiger partial charge in [0.15, 0.2) is 0 Å². The molecule has 0 aliphatic carbocycles. The van der Waals surface area contributed by atoms with Gasteiger partial charge in [-0.2, -0.15) is 0 Å². The molecule has 8 nitrogen and oxygen atoms in total. The molecule has 1 atom stereocenters. The van der Waals surface area contributed by atoms with Gasteiger partial charge in [-0.05, 0) is 93.4 Å². The molecule has 41 heavy (non-hydrogen) atoms. The smallest absolute Gasteiger partial charge is 0.264 e. The highest BCUT2D eigenvalue weighted by atomic mass is 32.2. The average Bonchev–Trinajstić information content (AvgIpc) is 2.93. The summed E-state index contributed by atoms with van der Waals surface area (Å²) in [4.78, 5) is 28.2. The van der Waals surface area contributed by atoms with Gasteiger partial charge in [0, 0.05) is 12.6 Å². The van der Waals surface area contributed by atoms with Crippen molar-refractivity contribution in [3.63, 3.8) is 0 Å². The molecule has 0 saturated carbocycles. The minimum atomic E-state index is -4.35. The molecule has 220 valence electrons. The lowest BCUT2D eigenvalue weighted by Crippen LogP contribution is -2.53. The Labute approximate surface area is 240 Å². The molecule has 0 saturated heterocycles. The zero-order valence-electron chi connectivity index (χ0n) is 23.5. The van der Waals surface area contributed by atoms with Crippen molar-refractivity contribution < 1.29 is 31.5 Å². The van der Waals surface area contributed by atoms with Crippen LogP contribution in [0.1, 0.15) is 39.7 Å². The van der Waals surface area contributed by atoms with E-state index >= 15 is 0 Å². The van der Waals surface area contributed by atoms with Crippen molar-refractivity contribution in [2.45, 2.75) is 57.6 Å². The van der Waals surface area contributed by atoms with Crippen LogP contribution in [-0.2, 0) is 26.2 Å². The van der Waals surface area contributed by atoms with Crippen molar-refractivity contribution in [2.24, 2.45) is 0 Å². The highest BCUT2D eigenvalue weighted by Gasteiger charge is 2.34. The topological polar surface area (TPSA) is 96.0 Å². The maximum Gasteiger partial charge on any atom is 0.264 e. The summed E-state index contributed by atoms with van der Waals surface area (Å²) < 4.78 is 61.2. The number of nitrogens with one attached hydrogen (secondary N) is 1. The predicted molar refractivity (Wildman–Crippen MR) is 153 cm³/mol. The molecule has 0 bridgehead atoms. The van der Waals surface area contributed by atoms with Crippen LogP contribution in [0, 0.1) is 11.6 Å². The van der Waals surface area contributed by atoms with Crippen molar-refractivity contribution in [1.29, 1.82) is 0 Å². The van der Waals surface area contributed by atoms with E-state index < -0.39 is 46.1 Å². The minimum absolute atomic E-state index is 0.0587. The molecule has 0 aliphatic heterocycles. The fourth-order valence-electron chi connectivity index (χ4n) is 4.22. The molecule has 2 amide bonds. The van der Waals surface area contributed by atoms with Crippen LogP contribution in [0.2, 0.25) is 0 Å². The summed E-state index contributed by atoms with van der Waals surface area (Å²) in [5.74, 6) is -1.61. The zero-order valence-corrected chi connectivity index (χ0v) is 24.3. The van der Waals surface area contributed by atoms with Crippen molar-refractivity contribution in [3.8, 4) is 5.75 Å². The summed E-state index contributed by atoms with van der Waals surface area (Å²) in [7, 11) is -4.35. The highest BCUT2D eigenvalue weighted by molar-refractivity contribution is 7.92. The summed E-state index contributed by atoms with van der Waals surface area (Å²) in [5.41, 5.74) is 0.733. The third kappa shape index (κ3) is 8.26. The quantitative estimate of drug-likeness (QED) is 0.307. The number of sulfonamides is 1. The van der Waals surface area contributed by atoms with Gasteiger partial charge in [-0.25, -0.2) is 17.2 Å². The number of benzene rings is 3. The number of hydrogen-bond donors (Lipinski definition) is 1. The number of hydrogen-bond acceptors (Lipinski definition) is 5. The fourth-order valence-corrected chi connectivity index (χ4v) is 5.64. The summed E-state index contributed by atoms with van der Waals surface area (Å²) in [6, 6.07) is 14.8. The second kappa shape index (κ2) is 14.1. The molecule has 0 aliphatic rings. The molecule has 11 heteroatoms. The first-order chi connectivity index (χ1) is 19.5. The van der Waals surface area contributed by atoms with Gasteiger partial charge in [-0.15, -0.1) is 0 Å². The SMILES string of the molecule is CCOc1ccc(N(CC(=O)N(Cc2ccc(F)cc2)C(CC)C(=O)NC(C)C)S(=O)(=O)c2ccc(F)cc2)cc1. The largest absolute Gasteiger partial charge is 0.494 e. The third-order valence-electron chi connectivity index (χ3n) is 6.20. The van der Waals surface area contributed by atoms with Crippen LogP contribution in [-0.4, -0.2) is 50.4 Å². The Hall–Kier alpha value is -3.99. The molecule has 0 aromatic heterocycles.